The molecule has 1 aliphatic rings. The van der Waals surface area contributed by atoms with E-state index in [1.165, 1.54) is 0 Å². The lowest BCUT2D eigenvalue weighted by Gasteiger charge is -2.10. The third-order valence-corrected chi connectivity index (χ3v) is 3.31. The van der Waals surface area contributed by atoms with E-state index in [1.807, 2.05) is 25.1 Å². The summed E-state index contributed by atoms with van der Waals surface area (Å²) in [6.07, 6.45) is 2.68. The van der Waals surface area contributed by atoms with Gasteiger partial charge in [-0.3, -0.25) is 0 Å². The highest BCUT2D eigenvalue weighted by atomic mass is 35.5. The summed E-state index contributed by atoms with van der Waals surface area (Å²) in [7, 11) is 0. The van der Waals surface area contributed by atoms with Crippen molar-refractivity contribution in [2.24, 2.45) is 0 Å². The fraction of sp³-hybridized carbons (Fsp3) is 0.357. The van der Waals surface area contributed by atoms with E-state index in [1.54, 1.807) is 6.20 Å². The second-order valence-corrected chi connectivity index (χ2v) is 5.33. The Morgan fingerprint density at radius 2 is 2.16 bits per heavy atom. The van der Waals surface area contributed by atoms with Crippen LogP contribution >= 0.6 is 11.6 Å². The summed E-state index contributed by atoms with van der Waals surface area (Å²) in [6.45, 7) is 3.06. The zero-order chi connectivity index (χ0) is 13.2. The molecule has 0 amide bonds. The monoisotopic (exact) mass is 278 g/mol. The standard InChI is InChI=1S/C14H15ClN2O2/c1-9(15)2-4-16-14-11-7-13-12(18-8-19-13)6-10(11)3-5-17-14/h3,5-7,9H,2,4,8H2,1H3,(H,16,17). The van der Waals surface area contributed by atoms with E-state index >= 15 is 0 Å². The zero-order valence-corrected chi connectivity index (χ0v) is 11.4. The maximum absolute atomic E-state index is 5.94. The van der Waals surface area contributed by atoms with Crippen molar-refractivity contribution in [1.29, 1.82) is 0 Å². The minimum absolute atomic E-state index is 0.156. The number of hydrogen-bond acceptors (Lipinski definition) is 4. The summed E-state index contributed by atoms with van der Waals surface area (Å²) in [5, 5.41) is 5.59. The van der Waals surface area contributed by atoms with Crippen LogP contribution in [-0.2, 0) is 0 Å². The van der Waals surface area contributed by atoms with Crippen molar-refractivity contribution in [2.75, 3.05) is 18.7 Å². The van der Waals surface area contributed by atoms with Gasteiger partial charge in [0, 0.05) is 23.5 Å². The van der Waals surface area contributed by atoms with Crippen LogP contribution in [0.1, 0.15) is 13.3 Å². The largest absolute Gasteiger partial charge is 0.454 e. The predicted molar refractivity (Wildman–Crippen MR) is 76.3 cm³/mol. The molecule has 0 fully saturated rings. The Labute approximate surface area is 116 Å². The molecule has 2 aromatic rings. The van der Waals surface area contributed by atoms with Gasteiger partial charge >= 0.3 is 0 Å². The molecular formula is C14H15ClN2O2. The van der Waals surface area contributed by atoms with Crippen LogP contribution in [0.4, 0.5) is 5.82 Å². The van der Waals surface area contributed by atoms with Gasteiger partial charge in [-0.15, -0.1) is 11.6 Å². The van der Waals surface area contributed by atoms with Crippen molar-refractivity contribution >= 4 is 28.2 Å². The smallest absolute Gasteiger partial charge is 0.231 e. The van der Waals surface area contributed by atoms with Gasteiger partial charge in [0.05, 0.1) is 0 Å². The summed E-state index contributed by atoms with van der Waals surface area (Å²) in [5.74, 6) is 2.42. The molecule has 1 aliphatic heterocycles. The number of benzene rings is 1. The van der Waals surface area contributed by atoms with Crippen LogP contribution in [0.25, 0.3) is 10.8 Å². The van der Waals surface area contributed by atoms with Crippen LogP contribution < -0.4 is 14.8 Å². The molecule has 19 heavy (non-hydrogen) atoms. The van der Waals surface area contributed by atoms with Gasteiger partial charge < -0.3 is 14.8 Å². The Balaban J connectivity index is 1.91. The first-order valence-corrected chi connectivity index (χ1v) is 6.74. The summed E-state index contributed by atoms with van der Waals surface area (Å²) in [6, 6.07) is 5.92. The fourth-order valence-corrected chi connectivity index (χ4v) is 2.20. The first kappa shape index (κ1) is 12.4. The number of pyridine rings is 1. The number of rotatable bonds is 4. The Morgan fingerprint density at radius 1 is 1.37 bits per heavy atom. The molecule has 0 aliphatic carbocycles. The number of halogens is 1. The highest BCUT2D eigenvalue weighted by molar-refractivity contribution is 6.20. The topological polar surface area (TPSA) is 43.4 Å². The van der Waals surface area contributed by atoms with E-state index in [2.05, 4.69) is 10.3 Å². The molecule has 0 saturated carbocycles. The number of nitrogens with one attached hydrogen (secondary N) is 1. The van der Waals surface area contributed by atoms with Crippen LogP contribution in [0.3, 0.4) is 0 Å². The number of fused-ring (bicyclic) bond motifs is 2. The quantitative estimate of drug-likeness (QED) is 0.871. The van der Waals surface area contributed by atoms with Crippen molar-refractivity contribution in [1.82, 2.24) is 4.98 Å². The maximum Gasteiger partial charge on any atom is 0.231 e. The van der Waals surface area contributed by atoms with Gasteiger partial charge in [-0.05, 0) is 36.9 Å². The number of alkyl halides is 1. The molecule has 1 aromatic carbocycles. The number of nitrogens with zero attached hydrogens (tertiary/aromatic N) is 1. The third kappa shape index (κ3) is 2.54. The van der Waals surface area contributed by atoms with Gasteiger partial charge in [-0.1, -0.05) is 0 Å². The van der Waals surface area contributed by atoms with Crippen molar-refractivity contribution in [3.05, 3.63) is 24.4 Å². The predicted octanol–water partition coefficient (Wildman–Crippen LogP) is 3.39. The van der Waals surface area contributed by atoms with Crippen molar-refractivity contribution in [3.8, 4) is 11.5 Å². The molecule has 0 bridgehead atoms. The lowest BCUT2D eigenvalue weighted by molar-refractivity contribution is 0.174. The average molecular weight is 279 g/mol. The number of hydrogen-bond donors (Lipinski definition) is 1. The minimum Gasteiger partial charge on any atom is -0.454 e. The zero-order valence-electron chi connectivity index (χ0n) is 10.6. The van der Waals surface area contributed by atoms with E-state index in [0.29, 0.717) is 0 Å². The van der Waals surface area contributed by atoms with Crippen LogP contribution in [-0.4, -0.2) is 23.7 Å². The van der Waals surface area contributed by atoms with Gasteiger partial charge in [0.15, 0.2) is 11.5 Å². The molecule has 4 nitrogen and oxygen atoms in total. The van der Waals surface area contributed by atoms with E-state index in [4.69, 9.17) is 21.1 Å². The Hall–Kier alpha value is -1.68. The van der Waals surface area contributed by atoms with Crippen LogP contribution in [0.15, 0.2) is 24.4 Å². The van der Waals surface area contributed by atoms with E-state index in [0.717, 1.165) is 41.1 Å². The molecule has 0 saturated heterocycles. The van der Waals surface area contributed by atoms with E-state index in [9.17, 15) is 0 Å². The average Bonchev–Trinajstić information content (AvgIpc) is 2.83. The van der Waals surface area contributed by atoms with Gasteiger partial charge in [0.2, 0.25) is 6.79 Å². The number of anilines is 1. The second-order valence-electron chi connectivity index (χ2n) is 4.58. The van der Waals surface area contributed by atoms with Crippen LogP contribution in [0.5, 0.6) is 11.5 Å². The highest BCUT2D eigenvalue weighted by Crippen LogP contribution is 2.37. The molecule has 100 valence electrons. The van der Waals surface area contributed by atoms with Crippen molar-refractivity contribution in [3.63, 3.8) is 0 Å². The lowest BCUT2D eigenvalue weighted by atomic mass is 10.1. The molecule has 2 heterocycles. The van der Waals surface area contributed by atoms with Crippen LogP contribution in [0, 0.1) is 0 Å². The molecule has 0 radical (unpaired) electrons. The van der Waals surface area contributed by atoms with E-state index < -0.39 is 0 Å². The molecule has 1 unspecified atom stereocenters. The lowest BCUT2D eigenvalue weighted by Crippen LogP contribution is -2.07. The summed E-state index contributed by atoms with van der Waals surface area (Å²) < 4.78 is 10.8. The molecule has 0 spiro atoms. The molecule has 5 heteroatoms. The Morgan fingerprint density at radius 3 is 2.95 bits per heavy atom. The van der Waals surface area contributed by atoms with E-state index in [-0.39, 0.29) is 12.2 Å². The molecular weight excluding hydrogens is 264 g/mol. The molecule has 1 aromatic heterocycles. The van der Waals surface area contributed by atoms with Gasteiger partial charge in [-0.25, -0.2) is 4.98 Å². The van der Waals surface area contributed by atoms with Crippen LogP contribution in [0.2, 0.25) is 0 Å². The van der Waals surface area contributed by atoms with Gasteiger partial charge in [-0.2, -0.15) is 0 Å². The van der Waals surface area contributed by atoms with Crippen molar-refractivity contribution in [2.45, 2.75) is 18.7 Å². The SMILES string of the molecule is CC(Cl)CCNc1nccc2cc3c(cc12)OCO3. The number of aromatic nitrogens is 1. The first-order valence-electron chi connectivity index (χ1n) is 6.30. The molecule has 3 rings (SSSR count). The molecule has 1 atom stereocenters. The fourth-order valence-electron chi connectivity index (χ4n) is 2.09. The second kappa shape index (κ2) is 5.13. The summed E-state index contributed by atoms with van der Waals surface area (Å²) in [5.41, 5.74) is 0. The normalized spacial score (nSPS) is 14.6. The minimum atomic E-state index is 0.156. The molecule has 1 N–H and O–H groups in total. The summed E-state index contributed by atoms with van der Waals surface area (Å²) in [4.78, 5) is 4.38. The Bertz CT molecular complexity index is 601. The third-order valence-electron chi connectivity index (χ3n) is 3.09. The Kier molecular flexibility index (Phi) is 3.34. The highest BCUT2D eigenvalue weighted by Gasteiger charge is 2.15. The summed E-state index contributed by atoms with van der Waals surface area (Å²) >= 11 is 5.94. The van der Waals surface area contributed by atoms with Gasteiger partial charge in [0.1, 0.15) is 5.82 Å². The maximum atomic E-state index is 5.94. The number of ether oxygens (including phenoxy) is 2. The van der Waals surface area contributed by atoms with Gasteiger partial charge in [0.25, 0.3) is 0 Å². The first-order chi connectivity index (χ1) is 9.24. The van der Waals surface area contributed by atoms with Crippen molar-refractivity contribution < 1.29 is 9.47 Å².